The Morgan fingerprint density at radius 1 is 1.37 bits per heavy atom. The molecule has 0 aromatic heterocycles. The summed E-state index contributed by atoms with van der Waals surface area (Å²) in [7, 11) is 0. The third-order valence-corrected chi connectivity index (χ3v) is 3.84. The van der Waals surface area contributed by atoms with Crippen LogP contribution >= 0.6 is 0 Å². The predicted molar refractivity (Wildman–Crippen MR) is 66.7 cm³/mol. The summed E-state index contributed by atoms with van der Waals surface area (Å²) in [6.45, 7) is 3.10. The summed E-state index contributed by atoms with van der Waals surface area (Å²) in [5.41, 5.74) is 0.454. The first-order valence-corrected chi connectivity index (χ1v) is 6.41. The van der Waals surface area contributed by atoms with Gasteiger partial charge in [0.15, 0.2) is 0 Å². The lowest BCUT2D eigenvalue weighted by Crippen LogP contribution is -2.38. The standard InChI is InChI=1S/C14H17F2NO2/c1-9(12-3-2-11(15)8-13(12)16)17-6-4-10(5-7-17)14(18)19/h2-3,8-10H,4-7H2,1H3,(H,18,19). The molecule has 1 atom stereocenters. The maximum atomic E-state index is 13.7. The Morgan fingerprint density at radius 2 is 2.00 bits per heavy atom. The van der Waals surface area contributed by atoms with Gasteiger partial charge in [0.05, 0.1) is 5.92 Å². The van der Waals surface area contributed by atoms with Gasteiger partial charge in [-0.1, -0.05) is 6.07 Å². The predicted octanol–water partition coefficient (Wildman–Crippen LogP) is 2.82. The zero-order valence-corrected chi connectivity index (χ0v) is 10.8. The third kappa shape index (κ3) is 3.10. The van der Waals surface area contributed by atoms with Crippen molar-refractivity contribution >= 4 is 5.97 Å². The van der Waals surface area contributed by atoms with Crippen molar-refractivity contribution in [2.45, 2.75) is 25.8 Å². The van der Waals surface area contributed by atoms with Crippen molar-refractivity contribution in [2.75, 3.05) is 13.1 Å². The van der Waals surface area contributed by atoms with E-state index in [2.05, 4.69) is 0 Å². The summed E-state index contributed by atoms with van der Waals surface area (Å²) in [6, 6.07) is 3.42. The van der Waals surface area contributed by atoms with Gasteiger partial charge >= 0.3 is 5.97 Å². The molecule has 1 unspecified atom stereocenters. The van der Waals surface area contributed by atoms with E-state index in [4.69, 9.17) is 5.11 Å². The highest BCUT2D eigenvalue weighted by Crippen LogP contribution is 2.28. The van der Waals surface area contributed by atoms with Crippen molar-refractivity contribution in [1.82, 2.24) is 4.90 Å². The number of carboxylic acid groups (broad SMARTS) is 1. The number of nitrogens with zero attached hydrogens (tertiary/aromatic N) is 1. The molecule has 2 rings (SSSR count). The number of benzene rings is 1. The number of piperidine rings is 1. The van der Waals surface area contributed by atoms with Gasteiger partial charge in [0.25, 0.3) is 0 Å². The van der Waals surface area contributed by atoms with Crippen molar-refractivity contribution in [3.05, 3.63) is 35.4 Å². The molecular weight excluding hydrogens is 252 g/mol. The largest absolute Gasteiger partial charge is 0.481 e. The van der Waals surface area contributed by atoms with E-state index >= 15 is 0 Å². The second-order valence-corrected chi connectivity index (χ2v) is 4.99. The first-order chi connectivity index (χ1) is 8.99. The SMILES string of the molecule is CC(c1ccc(F)cc1F)N1CCC(C(=O)O)CC1. The average Bonchev–Trinajstić information content (AvgIpc) is 2.38. The van der Waals surface area contributed by atoms with E-state index in [9.17, 15) is 13.6 Å². The number of rotatable bonds is 3. The molecule has 19 heavy (non-hydrogen) atoms. The monoisotopic (exact) mass is 269 g/mol. The number of halogens is 2. The Kier molecular flexibility index (Phi) is 4.14. The van der Waals surface area contributed by atoms with Crippen molar-refractivity contribution in [1.29, 1.82) is 0 Å². The minimum absolute atomic E-state index is 0.171. The van der Waals surface area contributed by atoms with Crippen LogP contribution in [0.4, 0.5) is 8.78 Å². The first kappa shape index (κ1) is 13.9. The van der Waals surface area contributed by atoms with Crippen LogP contribution in [0.1, 0.15) is 31.4 Å². The third-order valence-electron chi connectivity index (χ3n) is 3.84. The van der Waals surface area contributed by atoms with E-state index < -0.39 is 17.6 Å². The van der Waals surface area contributed by atoms with Gasteiger partial charge in [-0.3, -0.25) is 9.69 Å². The molecule has 3 nitrogen and oxygen atoms in total. The van der Waals surface area contributed by atoms with Gasteiger partial charge in [-0.2, -0.15) is 0 Å². The Bertz CT molecular complexity index is 471. The molecule has 0 saturated carbocycles. The molecule has 0 aliphatic carbocycles. The molecule has 0 bridgehead atoms. The fourth-order valence-corrected chi connectivity index (χ4v) is 2.57. The molecule has 1 N–H and O–H groups in total. The Hall–Kier alpha value is -1.49. The fraction of sp³-hybridized carbons (Fsp3) is 0.500. The minimum Gasteiger partial charge on any atom is -0.481 e. The molecule has 0 spiro atoms. The number of likely N-dealkylation sites (tertiary alicyclic amines) is 1. The molecule has 1 aliphatic rings. The van der Waals surface area contributed by atoms with Crippen LogP contribution in [0.25, 0.3) is 0 Å². The number of aliphatic carboxylic acids is 1. The zero-order chi connectivity index (χ0) is 14.0. The van der Waals surface area contributed by atoms with Gasteiger partial charge in [-0.25, -0.2) is 8.78 Å². The van der Waals surface area contributed by atoms with Gasteiger partial charge in [0.2, 0.25) is 0 Å². The van der Waals surface area contributed by atoms with Crippen molar-refractivity contribution in [2.24, 2.45) is 5.92 Å². The molecule has 1 aromatic rings. The van der Waals surface area contributed by atoms with Crippen LogP contribution in [0.2, 0.25) is 0 Å². The molecule has 1 aliphatic heterocycles. The van der Waals surface area contributed by atoms with Crippen LogP contribution in [0, 0.1) is 17.6 Å². The van der Waals surface area contributed by atoms with E-state index in [-0.39, 0.29) is 12.0 Å². The first-order valence-electron chi connectivity index (χ1n) is 6.41. The Morgan fingerprint density at radius 3 is 2.53 bits per heavy atom. The van der Waals surface area contributed by atoms with E-state index in [1.54, 1.807) is 0 Å². The molecule has 1 fully saturated rings. The molecular formula is C14H17F2NO2. The quantitative estimate of drug-likeness (QED) is 0.917. The van der Waals surface area contributed by atoms with Crippen LogP contribution in [-0.2, 0) is 4.79 Å². The second-order valence-electron chi connectivity index (χ2n) is 4.99. The lowest BCUT2D eigenvalue weighted by Gasteiger charge is -2.35. The number of hydrogen-bond acceptors (Lipinski definition) is 2. The fourth-order valence-electron chi connectivity index (χ4n) is 2.57. The maximum absolute atomic E-state index is 13.7. The summed E-state index contributed by atoms with van der Waals surface area (Å²) < 4.78 is 26.6. The van der Waals surface area contributed by atoms with Crippen LogP contribution in [0.3, 0.4) is 0 Å². The number of carboxylic acids is 1. The normalized spacial score (nSPS) is 19.3. The molecule has 1 heterocycles. The van der Waals surface area contributed by atoms with Crippen LogP contribution in [-0.4, -0.2) is 29.1 Å². The summed E-state index contributed by atoms with van der Waals surface area (Å²) >= 11 is 0. The second kappa shape index (κ2) is 5.65. The molecule has 5 heteroatoms. The summed E-state index contributed by atoms with van der Waals surface area (Å²) in [4.78, 5) is 12.9. The van der Waals surface area contributed by atoms with Gasteiger partial charge in [-0.05, 0) is 38.9 Å². The van der Waals surface area contributed by atoms with Crippen LogP contribution in [0.15, 0.2) is 18.2 Å². The lowest BCUT2D eigenvalue weighted by molar-refractivity contribution is -0.143. The maximum Gasteiger partial charge on any atom is 0.306 e. The van der Waals surface area contributed by atoms with Gasteiger partial charge in [-0.15, -0.1) is 0 Å². The van der Waals surface area contributed by atoms with Crippen molar-refractivity contribution < 1.29 is 18.7 Å². The van der Waals surface area contributed by atoms with Crippen molar-refractivity contribution in [3.63, 3.8) is 0 Å². The molecule has 1 aromatic carbocycles. The molecule has 104 valence electrons. The summed E-state index contributed by atoms with van der Waals surface area (Å²) in [5, 5.41) is 8.93. The van der Waals surface area contributed by atoms with E-state index in [0.29, 0.717) is 31.5 Å². The van der Waals surface area contributed by atoms with Gasteiger partial charge < -0.3 is 5.11 Å². The average molecular weight is 269 g/mol. The van der Waals surface area contributed by atoms with Gasteiger partial charge in [0.1, 0.15) is 11.6 Å². The Balaban J connectivity index is 2.05. The molecule has 0 radical (unpaired) electrons. The van der Waals surface area contributed by atoms with Crippen LogP contribution in [0.5, 0.6) is 0 Å². The zero-order valence-electron chi connectivity index (χ0n) is 10.8. The number of hydrogen-bond donors (Lipinski definition) is 1. The highest BCUT2D eigenvalue weighted by molar-refractivity contribution is 5.70. The van der Waals surface area contributed by atoms with Crippen molar-refractivity contribution in [3.8, 4) is 0 Å². The topological polar surface area (TPSA) is 40.5 Å². The summed E-state index contributed by atoms with van der Waals surface area (Å²) in [5.74, 6) is -2.20. The lowest BCUT2D eigenvalue weighted by atomic mass is 9.94. The summed E-state index contributed by atoms with van der Waals surface area (Å²) in [6.07, 6.45) is 1.14. The molecule has 1 saturated heterocycles. The van der Waals surface area contributed by atoms with E-state index in [0.717, 1.165) is 6.07 Å². The van der Waals surface area contributed by atoms with E-state index in [1.165, 1.54) is 12.1 Å². The minimum atomic E-state index is -0.764. The molecule has 0 amide bonds. The number of carbonyl (C=O) groups is 1. The van der Waals surface area contributed by atoms with Crippen LogP contribution < -0.4 is 0 Å². The van der Waals surface area contributed by atoms with E-state index in [1.807, 2.05) is 11.8 Å². The Labute approximate surface area is 110 Å². The highest BCUT2D eigenvalue weighted by atomic mass is 19.1. The van der Waals surface area contributed by atoms with Gasteiger partial charge in [0, 0.05) is 17.7 Å². The highest BCUT2D eigenvalue weighted by Gasteiger charge is 2.28. The smallest absolute Gasteiger partial charge is 0.306 e.